The summed E-state index contributed by atoms with van der Waals surface area (Å²) in [4.78, 5) is 27.1. The zero-order valence-corrected chi connectivity index (χ0v) is 16.8. The van der Waals surface area contributed by atoms with Crippen LogP contribution in [0.2, 0.25) is 0 Å². The van der Waals surface area contributed by atoms with E-state index in [9.17, 15) is 9.59 Å². The molecule has 7 nitrogen and oxygen atoms in total. The fourth-order valence-corrected chi connectivity index (χ4v) is 3.46. The molecule has 2 amide bonds. The Labute approximate surface area is 161 Å². The molecule has 0 saturated carbocycles. The molecule has 0 spiro atoms. The van der Waals surface area contributed by atoms with Crippen LogP contribution in [0.5, 0.6) is 11.5 Å². The normalized spacial score (nSPS) is 19.3. The van der Waals surface area contributed by atoms with E-state index in [-0.39, 0.29) is 29.6 Å². The van der Waals surface area contributed by atoms with Gasteiger partial charge in [-0.1, -0.05) is 19.9 Å². The number of amides is 2. The molecule has 1 aliphatic heterocycles. The molecule has 2 atom stereocenters. The third-order valence-corrected chi connectivity index (χ3v) is 4.91. The Kier molecular flexibility index (Phi) is 7.47. The predicted molar refractivity (Wildman–Crippen MR) is 102 cm³/mol. The molecule has 150 valence electrons. The second-order valence-corrected chi connectivity index (χ2v) is 7.00. The molecule has 2 rings (SSSR count). The highest BCUT2D eigenvalue weighted by molar-refractivity contribution is 5.84. The van der Waals surface area contributed by atoms with Gasteiger partial charge in [0.2, 0.25) is 11.8 Å². The number of ether oxygens (including phenoxy) is 3. The highest BCUT2D eigenvalue weighted by atomic mass is 16.5. The van der Waals surface area contributed by atoms with E-state index >= 15 is 0 Å². The summed E-state index contributed by atoms with van der Waals surface area (Å²) in [7, 11) is 4.78. The van der Waals surface area contributed by atoms with Crippen molar-refractivity contribution in [3.63, 3.8) is 0 Å². The van der Waals surface area contributed by atoms with Crippen LogP contribution < -0.4 is 14.8 Å². The van der Waals surface area contributed by atoms with Crippen molar-refractivity contribution in [2.24, 2.45) is 11.8 Å². The van der Waals surface area contributed by atoms with E-state index in [0.29, 0.717) is 37.7 Å². The van der Waals surface area contributed by atoms with Crippen LogP contribution in [0.3, 0.4) is 0 Å². The van der Waals surface area contributed by atoms with Gasteiger partial charge in [0.15, 0.2) is 0 Å². The maximum atomic E-state index is 12.8. The first kappa shape index (κ1) is 21.0. The predicted octanol–water partition coefficient (Wildman–Crippen LogP) is 1.66. The van der Waals surface area contributed by atoms with Crippen molar-refractivity contribution in [1.82, 2.24) is 10.2 Å². The van der Waals surface area contributed by atoms with Crippen molar-refractivity contribution in [1.29, 1.82) is 0 Å². The lowest BCUT2D eigenvalue weighted by molar-refractivity contribution is -0.133. The van der Waals surface area contributed by atoms with Crippen molar-refractivity contribution in [2.75, 3.05) is 47.6 Å². The van der Waals surface area contributed by atoms with Gasteiger partial charge in [-0.25, -0.2) is 0 Å². The summed E-state index contributed by atoms with van der Waals surface area (Å²) in [5.74, 6) is 0.730. The quantitative estimate of drug-likeness (QED) is 0.696. The number of likely N-dealkylation sites (tertiary alicyclic amines) is 1. The minimum absolute atomic E-state index is 0.0553. The van der Waals surface area contributed by atoms with Gasteiger partial charge in [0.25, 0.3) is 0 Å². The summed E-state index contributed by atoms with van der Waals surface area (Å²) in [6, 6.07) is 5.58. The lowest BCUT2D eigenvalue weighted by Crippen LogP contribution is -2.37. The summed E-state index contributed by atoms with van der Waals surface area (Å²) >= 11 is 0. The standard InChI is InChI=1S/C20H30N2O5/c1-13(2)20(24)22-11-16(17(12-22)19(23)21-8-9-25-3)15-7-6-14(26-4)10-18(15)27-5/h6-7,10,13,16-17H,8-9,11-12H2,1-5H3,(H,21,23)/t16-,17+/m1/s1. The molecule has 0 bridgehead atoms. The molecule has 0 radical (unpaired) electrons. The van der Waals surface area contributed by atoms with Crippen LogP contribution in [0, 0.1) is 11.8 Å². The molecule has 1 saturated heterocycles. The van der Waals surface area contributed by atoms with E-state index in [1.54, 1.807) is 26.2 Å². The van der Waals surface area contributed by atoms with Crippen molar-refractivity contribution in [3.8, 4) is 11.5 Å². The minimum atomic E-state index is -0.341. The zero-order chi connectivity index (χ0) is 20.0. The fraction of sp³-hybridized carbons (Fsp3) is 0.600. The first-order chi connectivity index (χ1) is 12.9. The van der Waals surface area contributed by atoms with Gasteiger partial charge in [0.05, 0.1) is 26.7 Å². The van der Waals surface area contributed by atoms with Gasteiger partial charge in [-0.3, -0.25) is 9.59 Å². The smallest absolute Gasteiger partial charge is 0.225 e. The molecular weight excluding hydrogens is 348 g/mol. The largest absolute Gasteiger partial charge is 0.497 e. The Hall–Kier alpha value is -2.28. The number of hydrogen-bond acceptors (Lipinski definition) is 5. The third-order valence-electron chi connectivity index (χ3n) is 4.91. The third kappa shape index (κ3) is 4.91. The number of methoxy groups -OCH3 is 3. The highest BCUT2D eigenvalue weighted by Gasteiger charge is 2.41. The van der Waals surface area contributed by atoms with Gasteiger partial charge in [0, 0.05) is 50.2 Å². The Bertz CT molecular complexity index is 662. The molecule has 1 N–H and O–H groups in total. The monoisotopic (exact) mass is 378 g/mol. The van der Waals surface area contributed by atoms with Crippen LogP contribution in [0.4, 0.5) is 0 Å². The number of carbonyl (C=O) groups is 2. The molecule has 7 heteroatoms. The van der Waals surface area contributed by atoms with Crippen molar-refractivity contribution in [2.45, 2.75) is 19.8 Å². The number of nitrogens with one attached hydrogen (secondary N) is 1. The number of rotatable bonds is 8. The first-order valence-electron chi connectivity index (χ1n) is 9.20. The molecule has 0 aliphatic carbocycles. The van der Waals surface area contributed by atoms with Crippen LogP contribution in [0.15, 0.2) is 18.2 Å². The van der Waals surface area contributed by atoms with E-state index in [2.05, 4.69) is 5.32 Å². The summed E-state index contributed by atoms with van der Waals surface area (Å²) in [5.41, 5.74) is 0.907. The Morgan fingerprint density at radius 2 is 1.93 bits per heavy atom. The van der Waals surface area contributed by atoms with E-state index in [0.717, 1.165) is 5.56 Å². The number of hydrogen-bond donors (Lipinski definition) is 1. The Morgan fingerprint density at radius 3 is 2.52 bits per heavy atom. The van der Waals surface area contributed by atoms with Gasteiger partial charge in [-0.05, 0) is 6.07 Å². The summed E-state index contributed by atoms with van der Waals surface area (Å²) in [5, 5.41) is 2.91. The molecule has 27 heavy (non-hydrogen) atoms. The van der Waals surface area contributed by atoms with Crippen LogP contribution in [-0.2, 0) is 14.3 Å². The average Bonchev–Trinajstić information content (AvgIpc) is 3.11. The summed E-state index contributed by atoms with van der Waals surface area (Å²) in [6.07, 6.45) is 0. The highest BCUT2D eigenvalue weighted by Crippen LogP contribution is 2.39. The number of carbonyl (C=O) groups excluding carboxylic acids is 2. The van der Waals surface area contributed by atoms with Crippen molar-refractivity contribution in [3.05, 3.63) is 23.8 Å². The molecule has 0 aromatic heterocycles. The molecule has 1 aromatic rings. The van der Waals surface area contributed by atoms with Crippen molar-refractivity contribution >= 4 is 11.8 Å². The summed E-state index contributed by atoms with van der Waals surface area (Å²) < 4.78 is 15.8. The maximum absolute atomic E-state index is 12.8. The molecule has 1 aliphatic rings. The second-order valence-electron chi connectivity index (χ2n) is 7.00. The lowest BCUT2D eigenvalue weighted by atomic mass is 9.87. The van der Waals surface area contributed by atoms with Crippen LogP contribution in [-0.4, -0.2) is 64.3 Å². The number of nitrogens with zero attached hydrogens (tertiary/aromatic N) is 1. The second kappa shape index (κ2) is 9.60. The number of benzene rings is 1. The van der Waals surface area contributed by atoms with E-state index < -0.39 is 0 Å². The van der Waals surface area contributed by atoms with Crippen molar-refractivity contribution < 1.29 is 23.8 Å². The zero-order valence-electron chi connectivity index (χ0n) is 16.8. The average molecular weight is 378 g/mol. The fourth-order valence-electron chi connectivity index (χ4n) is 3.46. The van der Waals surface area contributed by atoms with Crippen LogP contribution >= 0.6 is 0 Å². The molecule has 1 aromatic carbocycles. The Balaban J connectivity index is 2.31. The van der Waals surface area contributed by atoms with Gasteiger partial charge >= 0.3 is 0 Å². The van der Waals surface area contributed by atoms with Crippen LogP contribution in [0.1, 0.15) is 25.3 Å². The van der Waals surface area contributed by atoms with Gasteiger partial charge < -0.3 is 24.4 Å². The van der Waals surface area contributed by atoms with Crippen LogP contribution in [0.25, 0.3) is 0 Å². The minimum Gasteiger partial charge on any atom is -0.497 e. The van der Waals surface area contributed by atoms with Gasteiger partial charge in [-0.15, -0.1) is 0 Å². The Morgan fingerprint density at radius 1 is 1.19 bits per heavy atom. The van der Waals surface area contributed by atoms with Gasteiger partial charge in [-0.2, -0.15) is 0 Å². The molecule has 0 unspecified atom stereocenters. The van der Waals surface area contributed by atoms with E-state index in [4.69, 9.17) is 14.2 Å². The van der Waals surface area contributed by atoms with E-state index in [1.165, 1.54) is 0 Å². The molecular formula is C20H30N2O5. The molecule has 1 heterocycles. The first-order valence-corrected chi connectivity index (χ1v) is 9.20. The molecule has 1 fully saturated rings. The summed E-state index contributed by atoms with van der Waals surface area (Å²) in [6.45, 7) is 5.52. The SMILES string of the molecule is COCCNC(=O)[C@H]1CN(C(=O)C(C)C)C[C@@H]1c1ccc(OC)cc1OC. The van der Waals surface area contributed by atoms with E-state index in [1.807, 2.05) is 32.0 Å². The van der Waals surface area contributed by atoms with Gasteiger partial charge in [0.1, 0.15) is 11.5 Å². The lowest BCUT2D eigenvalue weighted by Gasteiger charge is -2.21. The maximum Gasteiger partial charge on any atom is 0.225 e. The topological polar surface area (TPSA) is 77.1 Å².